The van der Waals surface area contributed by atoms with Crippen LogP contribution in [0.15, 0.2) is 0 Å². The summed E-state index contributed by atoms with van der Waals surface area (Å²) < 4.78 is 0. The summed E-state index contributed by atoms with van der Waals surface area (Å²) in [6.45, 7) is 4.60. The monoisotopic (exact) mass is 240 g/mol. The van der Waals surface area contributed by atoms with E-state index in [0.717, 1.165) is 18.9 Å². The second kappa shape index (κ2) is 5.68. The first kappa shape index (κ1) is 13.3. The lowest BCUT2D eigenvalue weighted by Crippen LogP contribution is -2.47. The molecule has 1 saturated carbocycles. The number of hydrogen-bond acceptors (Lipinski definition) is 3. The average molecular weight is 240 g/mol. The summed E-state index contributed by atoms with van der Waals surface area (Å²) in [6, 6.07) is 1.11. The Morgan fingerprint density at radius 1 is 1.24 bits per heavy atom. The minimum atomic E-state index is -0.0845. The Morgan fingerprint density at radius 3 is 2.59 bits per heavy atom. The molecule has 1 aliphatic heterocycles. The van der Waals surface area contributed by atoms with Gasteiger partial charge in [-0.2, -0.15) is 0 Å². The molecule has 1 saturated heterocycles. The maximum Gasteiger partial charge on any atom is 0.0695 e. The van der Waals surface area contributed by atoms with E-state index in [4.69, 9.17) is 0 Å². The van der Waals surface area contributed by atoms with E-state index in [1.165, 1.54) is 32.2 Å². The van der Waals surface area contributed by atoms with Gasteiger partial charge in [-0.15, -0.1) is 0 Å². The third kappa shape index (κ3) is 3.01. The van der Waals surface area contributed by atoms with Gasteiger partial charge in [0.2, 0.25) is 0 Å². The van der Waals surface area contributed by atoms with Crippen LogP contribution >= 0.6 is 0 Å². The number of aliphatic hydroxyl groups excluding tert-OH is 1. The zero-order valence-electron chi connectivity index (χ0n) is 11.6. The van der Waals surface area contributed by atoms with Crippen LogP contribution < -0.4 is 0 Å². The minimum absolute atomic E-state index is 0.0845. The first-order valence-electron chi connectivity index (χ1n) is 7.20. The third-order valence-electron chi connectivity index (χ3n) is 4.86. The van der Waals surface area contributed by atoms with Gasteiger partial charge in [0.15, 0.2) is 0 Å². The quantitative estimate of drug-likeness (QED) is 0.811. The summed E-state index contributed by atoms with van der Waals surface area (Å²) >= 11 is 0. The Hall–Kier alpha value is -0.120. The van der Waals surface area contributed by atoms with Crippen LogP contribution in [0.3, 0.4) is 0 Å². The predicted octanol–water partition coefficient (Wildman–Crippen LogP) is 1.56. The largest absolute Gasteiger partial charge is 0.391 e. The van der Waals surface area contributed by atoms with Gasteiger partial charge in [-0.3, -0.25) is 4.90 Å². The van der Waals surface area contributed by atoms with Crippen LogP contribution in [0.2, 0.25) is 0 Å². The van der Waals surface area contributed by atoms with Crippen molar-refractivity contribution < 1.29 is 5.11 Å². The zero-order chi connectivity index (χ0) is 12.4. The molecule has 4 atom stereocenters. The fourth-order valence-corrected chi connectivity index (χ4v) is 3.47. The highest BCUT2D eigenvalue weighted by atomic mass is 16.3. The SMILES string of the molecule is CCC1CCC(O)C(N2CCC(N(C)C)C2)C1. The van der Waals surface area contributed by atoms with Gasteiger partial charge in [-0.25, -0.2) is 0 Å². The zero-order valence-corrected chi connectivity index (χ0v) is 11.6. The van der Waals surface area contributed by atoms with Crippen molar-refractivity contribution in [3.63, 3.8) is 0 Å². The summed E-state index contributed by atoms with van der Waals surface area (Å²) in [5.41, 5.74) is 0. The van der Waals surface area contributed by atoms with Gasteiger partial charge in [0.05, 0.1) is 6.10 Å². The van der Waals surface area contributed by atoms with Crippen LogP contribution in [-0.2, 0) is 0 Å². The van der Waals surface area contributed by atoms with Crippen molar-refractivity contribution in [1.29, 1.82) is 0 Å². The molecule has 3 nitrogen and oxygen atoms in total. The lowest BCUT2D eigenvalue weighted by Gasteiger charge is -2.39. The van der Waals surface area contributed by atoms with E-state index >= 15 is 0 Å². The molecule has 0 radical (unpaired) electrons. The van der Waals surface area contributed by atoms with Crippen LogP contribution in [0.1, 0.15) is 39.0 Å². The summed E-state index contributed by atoms with van der Waals surface area (Å²) in [5.74, 6) is 0.835. The Balaban J connectivity index is 1.92. The first-order valence-corrected chi connectivity index (χ1v) is 7.20. The molecule has 3 heteroatoms. The molecule has 2 rings (SSSR count). The second-order valence-corrected chi connectivity index (χ2v) is 6.12. The van der Waals surface area contributed by atoms with Crippen molar-refractivity contribution >= 4 is 0 Å². The molecule has 0 aromatic carbocycles. The van der Waals surface area contributed by atoms with Crippen molar-refractivity contribution in [1.82, 2.24) is 9.80 Å². The van der Waals surface area contributed by atoms with E-state index in [2.05, 4.69) is 30.8 Å². The highest BCUT2D eigenvalue weighted by Gasteiger charge is 2.36. The van der Waals surface area contributed by atoms with Gasteiger partial charge in [0, 0.05) is 25.2 Å². The lowest BCUT2D eigenvalue weighted by atomic mass is 9.82. The normalized spacial score (nSPS) is 40.1. The highest BCUT2D eigenvalue weighted by Crippen LogP contribution is 2.32. The first-order chi connectivity index (χ1) is 8.11. The molecule has 100 valence electrons. The van der Waals surface area contributed by atoms with E-state index in [0.29, 0.717) is 12.1 Å². The van der Waals surface area contributed by atoms with Gasteiger partial charge in [0.25, 0.3) is 0 Å². The van der Waals surface area contributed by atoms with Gasteiger partial charge in [0.1, 0.15) is 0 Å². The molecule has 0 aromatic heterocycles. The maximum absolute atomic E-state index is 10.2. The topological polar surface area (TPSA) is 26.7 Å². The van der Waals surface area contributed by atoms with Crippen molar-refractivity contribution in [2.24, 2.45) is 5.92 Å². The van der Waals surface area contributed by atoms with Gasteiger partial charge >= 0.3 is 0 Å². The number of nitrogens with zero attached hydrogens (tertiary/aromatic N) is 2. The van der Waals surface area contributed by atoms with E-state index in [9.17, 15) is 5.11 Å². The number of aliphatic hydroxyl groups is 1. The molecule has 1 aliphatic carbocycles. The number of hydrogen-bond donors (Lipinski definition) is 1. The van der Waals surface area contributed by atoms with Crippen molar-refractivity contribution in [3.8, 4) is 0 Å². The van der Waals surface area contributed by atoms with Crippen molar-refractivity contribution in [2.45, 2.75) is 57.2 Å². The molecule has 0 spiro atoms. The Labute approximate surface area is 106 Å². The van der Waals surface area contributed by atoms with Crippen LogP contribution in [0, 0.1) is 5.92 Å². The highest BCUT2D eigenvalue weighted by molar-refractivity contribution is 4.92. The predicted molar refractivity (Wildman–Crippen MR) is 71.1 cm³/mol. The molecule has 0 aromatic rings. The van der Waals surface area contributed by atoms with Gasteiger partial charge < -0.3 is 10.0 Å². The van der Waals surface area contributed by atoms with Crippen molar-refractivity contribution in [2.75, 3.05) is 27.2 Å². The summed E-state index contributed by atoms with van der Waals surface area (Å²) in [7, 11) is 4.33. The van der Waals surface area contributed by atoms with Crippen LogP contribution in [0.4, 0.5) is 0 Å². The molecule has 17 heavy (non-hydrogen) atoms. The molecule has 4 unspecified atom stereocenters. The molecular weight excluding hydrogens is 212 g/mol. The third-order valence-corrected chi connectivity index (χ3v) is 4.86. The fourth-order valence-electron chi connectivity index (χ4n) is 3.47. The van der Waals surface area contributed by atoms with E-state index < -0.39 is 0 Å². The van der Waals surface area contributed by atoms with Crippen molar-refractivity contribution in [3.05, 3.63) is 0 Å². The Bertz CT molecular complexity index is 244. The molecule has 1 N–H and O–H groups in total. The lowest BCUT2D eigenvalue weighted by molar-refractivity contribution is 0.0104. The Morgan fingerprint density at radius 2 is 2.00 bits per heavy atom. The minimum Gasteiger partial charge on any atom is -0.391 e. The fraction of sp³-hybridized carbons (Fsp3) is 1.00. The number of likely N-dealkylation sites (tertiary alicyclic amines) is 1. The van der Waals surface area contributed by atoms with Crippen LogP contribution in [0.25, 0.3) is 0 Å². The summed E-state index contributed by atoms with van der Waals surface area (Å²) in [5, 5.41) is 10.2. The Kier molecular flexibility index (Phi) is 4.45. The molecule has 0 amide bonds. The molecule has 1 heterocycles. The molecule has 0 bridgehead atoms. The van der Waals surface area contributed by atoms with E-state index in [-0.39, 0.29) is 6.10 Å². The van der Waals surface area contributed by atoms with Gasteiger partial charge in [-0.05, 0) is 45.7 Å². The maximum atomic E-state index is 10.2. The molecule has 2 fully saturated rings. The summed E-state index contributed by atoms with van der Waals surface area (Å²) in [4.78, 5) is 4.86. The number of rotatable bonds is 3. The number of likely N-dealkylation sites (N-methyl/N-ethyl adjacent to an activating group) is 1. The molecule has 2 aliphatic rings. The van der Waals surface area contributed by atoms with E-state index in [1.807, 2.05) is 0 Å². The summed E-state index contributed by atoms with van der Waals surface area (Å²) in [6.07, 6.45) is 5.88. The van der Waals surface area contributed by atoms with Gasteiger partial charge in [-0.1, -0.05) is 13.3 Å². The smallest absolute Gasteiger partial charge is 0.0695 e. The van der Waals surface area contributed by atoms with Crippen LogP contribution in [0.5, 0.6) is 0 Å². The van der Waals surface area contributed by atoms with E-state index in [1.54, 1.807) is 0 Å². The standard InChI is InChI=1S/C14H28N2O/c1-4-11-5-6-14(17)13(9-11)16-8-7-12(10-16)15(2)3/h11-14,17H,4-10H2,1-3H3. The molecular formula is C14H28N2O. The second-order valence-electron chi connectivity index (χ2n) is 6.12. The van der Waals surface area contributed by atoms with Crippen LogP contribution in [-0.4, -0.2) is 60.3 Å². The average Bonchev–Trinajstić information content (AvgIpc) is 2.79.